The van der Waals surface area contributed by atoms with Crippen LogP contribution in [-0.2, 0) is 6.54 Å². The summed E-state index contributed by atoms with van der Waals surface area (Å²) in [5.41, 5.74) is 1.07. The van der Waals surface area contributed by atoms with E-state index in [2.05, 4.69) is 5.32 Å². The van der Waals surface area contributed by atoms with E-state index in [0.717, 1.165) is 43.7 Å². The average Bonchev–Trinajstić information content (AvgIpc) is 2.83. The van der Waals surface area contributed by atoms with E-state index in [9.17, 15) is 5.11 Å². The lowest BCUT2D eigenvalue weighted by atomic mass is 10.1. The highest BCUT2D eigenvalue weighted by molar-refractivity contribution is 5.33. The standard InChI is InChI=1S/C15H20N2O2/c16-7-8-19-15-4-2-1-3-13(15)11-17-10-12-5-6-14(18)9-12/h1-4,12,14,17-18H,5-6,8-11H2. The summed E-state index contributed by atoms with van der Waals surface area (Å²) in [5, 5.41) is 21.4. The molecule has 4 nitrogen and oxygen atoms in total. The molecule has 0 bridgehead atoms. The highest BCUT2D eigenvalue weighted by atomic mass is 16.5. The number of aliphatic hydroxyl groups excluding tert-OH is 1. The van der Waals surface area contributed by atoms with E-state index < -0.39 is 0 Å². The Morgan fingerprint density at radius 3 is 2.95 bits per heavy atom. The van der Waals surface area contributed by atoms with Crippen LogP contribution in [0.15, 0.2) is 24.3 Å². The van der Waals surface area contributed by atoms with E-state index in [1.165, 1.54) is 0 Å². The van der Waals surface area contributed by atoms with Crippen molar-refractivity contribution in [2.45, 2.75) is 31.9 Å². The molecule has 1 aromatic rings. The van der Waals surface area contributed by atoms with Gasteiger partial charge in [0.15, 0.2) is 6.61 Å². The zero-order valence-electron chi connectivity index (χ0n) is 11.0. The fourth-order valence-corrected chi connectivity index (χ4v) is 2.55. The maximum absolute atomic E-state index is 9.48. The van der Waals surface area contributed by atoms with Crippen LogP contribution in [-0.4, -0.2) is 24.4 Å². The van der Waals surface area contributed by atoms with Crippen LogP contribution in [0.25, 0.3) is 0 Å². The smallest absolute Gasteiger partial charge is 0.174 e. The van der Waals surface area contributed by atoms with Crippen molar-refractivity contribution in [3.05, 3.63) is 29.8 Å². The summed E-state index contributed by atoms with van der Waals surface area (Å²) < 4.78 is 5.38. The first-order chi connectivity index (χ1) is 9.29. The normalized spacial score (nSPS) is 22.1. The van der Waals surface area contributed by atoms with E-state index in [1.54, 1.807) is 0 Å². The molecule has 4 heteroatoms. The van der Waals surface area contributed by atoms with Crippen molar-refractivity contribution in [1.82, 2.24) is 5.32 Å². The lowest BCUT2D eigenvalue weighted by Gasteiger charge is -2.13. The van der Waals surface area contributed by atoms with E-state index >= 15 is 0 Å². The zero-order chi connectivity index (χ0) is 13.5. The van der Waals surface area contributed by atoms with Crippen molar-refractivity contribution in [3.8, 4) is 11.8 Å². The van der Waals surface area contributed by atoms with Gasteiger partial charge >= 0.3 is 0 Å². The minimum atomic E-state index is -0.113. The molecule has 0 spiro atoms. The average molecular weight is 260 g/mol. The number of hydrogen-bond donors (Lipinski definition) is 2. The summed E-state index contributed by atoms with van der Waals surface area (Å²) in [5.74, 6) is 1.34. The number of ether oxygens (including phenoxy) is 1. The Balaban J connectivity index is 1.80. The zero-order valence-corrected chi connectivity index (χ0v) is 11.0. The fraction of sp³-hybridized carbons (Fsp3) is 0.533. The van der Waals surface area contributed by atoms with Crippen LogP contribution in [0, 0.1) is 17.2 Å². The topological polar surface area (TPSA) is 65.3 Å². The number of nitrogens with one attached hydrogen (secondary N) is 1. The minimum Gasteiger partial charge on any atom is -0.478 e. The van der Waals surface area contributed by atoms with Crippen LogP contribution in [0.5, 0.6) is 5.75 Å². The van der Waals surface area contributed by atoms with Crippen molar-refractivity contribution in [2.75, 3.05) is 13.2 Å². The van der Waals surface area contributed by atoms with Gasteiger partial charge in [0.1, 0.15) is 11.8 Å². The molecule has 1 saturated carbocycles. The second-order valence-corrected chi connectivity index (χ2v) is 5.02. The predicted octanol–water partition coefficient (Wildman–Crippen LogP) is 1.84. The first-order valence-electron chi connectivity index (χ1n) is 6.76. The number of rotatable bonds is 6. The van der Waals surface area contributed by atoms with Crippen LogP contribution >= 0.6 is 0 Å². The second-order valence-electron chi connectivity index (χ2n) is 5.02. The minimum absolute atomic E-state index is 0.0752. The molecule has 1 aromatic carbocycles. The summed E-state index contributed by atoms with van der Waals surface area (Å²) in [6, 6.07) is 9.74. The molecule has 0 saturated heterocycles. The molecule has 0 aliphatic heterocycles. The largest absolute Gasteiger partial charge is 0.478 e. The van der Waals surface area contributed by atoms with Crippen molar-refractivity contribution < 1.29 is 9.84 Å². The molecule has 0 amide bonds. The number of nitrogens with zero attached hydrogens (tertiary/aromatic N) is 1. The predicted molar refractivity (Wildman–Crippen MR) is 72.6 cm³/mol. The quantitative estimate of drug-likeness (QED) is 0.819. The number of para-hydroxylation sites is 1. The summed E-state index contributed by atoms with van der Waals surface area (Å²) in [6.45, 7) is 1.73. The Morgan fingerprint density at radius 2 is 2.21 bits per heavy atom. The van der Waals surface area contributed by atoms with Crippen LogP contribution in [0.1, 0.15) is 24.8 Å². The first-order valence-corrected chi connectivity index (χ1v) is 6.76. The second kappa shape index (κ2) is 7.13. The van der Waals surface area contributed by atoms with Crippen LogP contribution in [0.4, 0.5) is 0 Å². The monoisotopic (exact) mass is 260 g/mol. The third-order valence-electron chi connectivity index (χ3n) is 3.53. The van der Waals surface area contributed by atoms with Gasteiger partial charge in [-0.25, -0.2) is 0 Å². The highest BCUT2D eigenvalue weighted by Crippen LogP contribution is 2.25. The molecule has 2 rings (SSSR count). The van der Waals surface area contributed by atoms with Gasteiger partial charge in [0.25, 0.3) is 0 Å². The lowest BCUT2D eigenvalue weighted by molar-refractivity contribution is 0.177. The molecule has 1 aliphatic carbocycles. The van der Waals surface area contributed by atoms with E-state index in [-0.39, 0.29) is 12.7 Å². The maximum atomic E-state index is 9.48. The van der Waals surface area contributed by atoms with E-state index in [0.29, 0.717) is 5.92 Å². The highest BCUT2D eigenvalue weighted by Gasteiger charge is 2.22. The molecule has 102 valence electrons. The molecule has 0 heterocycles. The van der Waals surface area contributed by atoms with Gasteiger partial charge in [-0.15, -0.1) is 0 Å². The molecular weight excluding hydrogens is 240 g/mol. The Hall–Kier alpha value is -1.57. The Labute approximate surface area is 114 Å². The number of nitriles is 1. The van der Waals surface area contributed by atoms with Crippen LogP contribution < -0.4 is 10.1 Å². The van der Waals surface area contributed by atoms with Gasteiger partial charge in [-0.05, 0) is 37.8 Å². The van der Waals surface area contributed by atoms with E-state index in [4.69, 9.17) is 10.00 Å². The van der Waals surface area contributed by atoms with E-state index in [1.807, 2.05) is 30.3 Å². The third kappa shape index (κ3) is 4.23. The summed E-state index contributed by atoms with van der Waals surface area (Å²) >= 11 is 0. The van der Waals surface area contributed by atoms with Crippen molar-refractivity contribution in [1.29, 1.82) is 5.26 Å². The van der Waals surface area contributed by atoms with Crippen molar-refractivity contribution in [2.24, 2.45) is 5.92 Å². The van der Waals surface area contributed by atoms with Gasteiger partial charge in [0.2, 0.25) is 0 Å². The molecule has 0 aromatic heterocycles. The molecule has 1 fully saturated rings. The van der Waals surface area contributed by atoms with Crippen LogP contribution in [0.2, 0.25) is 0 Å². The lowest BCUT2D eigenvalue weighted by Crippen LogP contribution is -2.21. The van der Waals surface area contributed by atoms with Crippen LogP contribution in [0.3, 0.4) is 0 Å². The van der Waals surface area contributed by atoms with Crippen molar-refractivity contribution in [3.63, 3.8) is 0 Å². The van der Waals surface area contributed by atoms with Gasteiger partial charge in [-0.3, -0.25) is 0 Å². The third-order valence-corrected chi connectivity index (χ3v) is 3.53. The molecule has 1 aliphatic rings. The summed E-state index contributed by atoms with van der Waals surface area (Å²) in [7, 11) is 0. The number of aliphatic hydroxyl groups is 1. The first kappa shape index (κ1) is 13.9. The Morgan fingerprint density at radius 1 is 1.37 bits per heavy atom. The molecule has 0 radical (unpaired) electrons. The Kier molecular flexibility index (Phi) is 5.20. The molecule has 2 unspecified atom stereocenters. The van der Waals surface area contributed by atoms with Gasteiger partial charge < -0.3 is 15.2 Å². The summed E-state index contributed by atoms with van der Waals surface area (Å²) in [6.07, 6.45) is 2.81. The fourth-order valence-electron chi connectivity index (χ4n) is 2.55. The van der Waals surface area contributed by atoms with Gasteiger partial charge in [0, 0.05) is 12.1 Å². The SMILES string of the molecule is N#CCOc1ccccc1CNCC1CCC(O)C1. The molecule has 2 N–H and O–H groups in total. The summed E-state index contributed by atoms with van der Waals surface area (Å²) in [4.78, 5) is 0. The van der Waals surface area contributed by atoms with Gasteiger partial charge in [0.05, 0.1) is 6.10 Å². The number of benzene rings is 1. The van der Waals surface area contributed by atoms with Crippen molar-refractivity contribution >= 4 is 0 Å². The molecular formula is C15H20N2O2. The van der Waals surface area contributed by atoms with Gasteiger partial charge in [-0.2, -0.15) is 5.26 Å². The molecule has 19 heavy (non-hydrogen) atoms. The number of hydrogen-bond acceptors (Lipinski definition) is 4. The Bertz CT molecular complexity index is 442. The van der Waals surface area contributed by atoms with Gasteiger partial charge in [-0.1, -0.05) is 18.2 Å². The molecule has 2 atom stereocenters. The maximum Gasteiger partial charge on any atom is 0.174 e.